The summed E-state index contributed by atoms with van der Waals surface area (Å²) in [5.74, 6) is 0.106. The highest BCUT2D eigenvalue weighted by Crippen LogP contribution is 2.20. The molecule has 126 valence electrons. The van der Waals surface area contributed by atoms with Crippen molar-refractivity contribution in [3.8, 4) is 5.75 Å². The first kappa shape index (κ1) is 16.2. The molecule has 2 heterocycles. The summed E-state index contributed by atoms with van der Waals surface area (Å²) in [6.07, 6.45) is 1.90. The van der Waals surface area contributed by atoms with E-state index in [1.807, 2.05) is 4.90 Å². The summed E-state index contributed by atoms with van der Waals surface area (Å²) in [5, 5.41) is 0. The number of carbonyl (C=O) groups excluding carboxylic acids is 1. The van der Waals surface area contributed by atoms with Crippen LogP contribution in [0.2, 0.25) is 0 Å². The highest BCUT2D eigenvalue weighted by Gasteiger charge is 2.33. The van der Waals surface area contributed by atoms with Crippen molar-refractivity contribution in [1.29, 1.82) is 0 Å². The minimum Gasteiger partial charge on any atom is -0.489 e. The maximum Gasteiger partial charge on any atom is 0.240 e. The number of rotatable bonds is 5. The van der Waals surface area contributed by atoms with E-state index in [4.69, 9.17) is 9.47 Å². The second-order valence-corrected chi connectivity index (χ2v) is 5.91. The molecular weight excluding hydrogens is 299 g/mol. The molecule has 0 aliphatic carbocycles. The Morgan fingerprint density at radius 1 is 1.26 bits per heavy atom. The van der Waals surface area contributed by atoms with E-state index in [2.05, 4.69) is 4.90 Å². The third-order valence-electron chi connectivity index (χ3n) is 4.44. The molecule has 1 aromatic rings. The monoisotopic (exact) mass is 322 g/mol. The lowest BCUT2D eigenvalue weighted by Crippen LogP contribution is -2.50. The number of halogens is 1. The molecule has 1 atom stereocenters. The summed E-state index contributed by atoms with van der Waals surface area (Å²) in [7, 11) is 0. The Labute approximate surface area is 136 Å². The van der Waals surface area contributed by atoms with Gasteiger partial charge < -0.3 is 14.4 Å². The standard InChI is InChI=1S/C17H23FN2O3/c18-14-4-1-2-6-16(14)23-13-10-19-7-3-5-15(19)17(21)20-8-11-22-12-9-20/h1-2,4,6,15H,3,5,7-13H2/t15-/m0/s1. The van der Waals surface area contributed by atoms with Gasteiger partial charge in [0.2, 0.25) is 5.91 Å². The number of hydrogen-bond acceptors (Lipinski definition) is 4. The van der Waals surface area contributed by atoms with E-state index in [0.717, 1.165) is 19.4 Å². The van der Waals surface area contributed by atoms with Gasteiger partial charge in [-0.2, -0.15) is 0 Å². The summed E-state index contributed by atoms with van der Waals surface area (Å²) >= 11 is 0. The van der Waals surface area contributed by atoms with Crippen LogP contribution in [0.1, 0.15) is 12.8 Å². The van der Waals surface area contributed by atoms with Crippen LogP contribution in [0.5, 0.6) is 5.75 Å². The Morgan fingerprint density at radius 3 is 2.83 bits per heavy atom. The third kappa shape index (κ3) is 4.00. The number of likely N-dealkylation sites (tertiary alicyclic amines) is 1. The summed E-state index contributed by atoms with van der Waals surface area (Å²) in [6.45, 7) is 4.50. The van der Waals surface area contributed by atoms with E-state index in [9.17, 15) is 9.18 Å². The summed E-state index contributed by atoms with van der Waals surface area (Å²) in [4.78, 5) is 16.7. The van der Waals surface area contributed by atoms with Gasteiger partial charge in [-0.25, -0.2) is 4.39 Å². The van der Waals surface area contributed by atoms with Crippen LogP contribution in [0.15, 0.2) is 24.3 Å². The van der Waals surface area contributed by atoms with Gasteiger partial charge in [-0.3, -0.25) is 9.69 Å². The Hall–Kier alpha value is -1.66. The Balaban J connectivity index is 1.50. The lowest BCUT2D eigenvalue weighted by atomic mass is 10.2. The lowest BCUT2D eigenvalue weighted by molar-refractivity contribution is -0.140. The molecule has 0 bridgehead atoms. The molecule has 0 N–H and O–H groups in total. The number of hydrogen-bond donors (Lipinski definition) is 0. The highest BCUT2D eigenvalue weighted by atomic mass is 19.1. The van der Waals surface area contributed by atoms with E-state index in [0.29, 0.717) is 39.5 Å². The number of nitrogens with zero attached hydrogens (tertiary/aromatic N) is 2. The van der Waals surface area contributed by atoms with E-state index < -0.39 is 0 Å². The van der Waals surface area contributed by atoms with Crippen LogP contribution in [0.4, 0.5) is 4.39 Å². The molecule has 0 spiro atoms. The SMILES string of the molecule is O=C([C@@H]1CCCN1CCOc1ccccc1F)N1CCOCC1. The second kappa shape index (κ2) is 7.75. The molecule has 2 aliphatic rings. The molecule has 1 aromatic carbocycles. The minimum absolute atomic E-state index is 0.0719. The molecule has 0 aromatic heterocycles. The van der Waals surface area contributed by atoms with Crippen LogP contribution >= 0.6 is 0 Å². The van der Waals surface area contributed by atoms with Gasteiger partial charge in [-0.15, -0.1) is 0 Å². The lowest BCUT2D eigenvalue weighted by Gasteiger charge is -2.32. The first-order valence-electron chi connectivity index (χ1n) is 8.23. The maximum absolute atomic E-state index is 13.5. The van der Waals surface area contributed by atoms with Gasteiger partial charge in [0.05, 0.1) is 19.3 Å². The van der Waals surface area contributed by atoms with Crippen LogP contribution in [0.3, 0.4) is 0 Å². The van der Waals surface area contributed by atoms with Crippen molar-refractivity contribution < 1.29 is 18.7 Å². The summed E-state index contributed by atoms with van der Waals surface area (Å²) < 4.78 is 24.3. The summed E-state index contributed by atoms with van der Waals surface area (Å²) in [5.41, 5.74) is 0. The van der Waals surface area contributed by atoms with Crippen molar-refractivity contribution in [3.63, 3.8) is 0 Å². The van der Waals surface area contributed by atoms with Crippen LogP contribution in [-0.2, 0) is 9.53 Å². The molecule has 0 unspecified atom stereocenters. The molecule has 0 radical (unpaired) electrons. The number of carbonyl (C=O) groups is 1. The molecular formula is C17H23FN2O3. The quantitative estimate of drug-likeness (QED) is 0.824. The average molecular weight is 322 g/mol. The largest absolute Gasteiger partial charge is 0.489 e. The van der Waals surface area contributed by atoms with Gasteiger partial charge in [0.1, 0.15) is 6.61 Å². The van der Waals surface area contributed by atoms with Gasteiger partial charge >= 0.3 is 0 Å². The van der Waals surface area contributed by atoms with Crippen LogP contribution in [0.25, 0.3) is 0 Å². The zero-order valence-electron chi connectivity index (χ0n) is 13.2. The normalized spacial score (nSPS) is 22.3. The fraction of sp³-hybridized carbons (Fsp3) is 0.588. The van der Waals surface area contributed by atoms with Crippen LogP contribution in [-0.4, -0.2) is 67.7 Å². The first-order valence-corrected chi connectivity index (χ1v) is 8.23. The molecule has 23 heavy (non-hydrogen) atoms. The molecule has 3 rings (SSSR count). The van der Waals surface area contributed by atoms with Crippen molar-refractivity contribution in [3.05, 3.63) is 30.1 Å². The number of benzene rings is 1. The van der Waals surface area contributed by atoms with Crippen LogP contribution in [0, 0.1) is 5.82 Å². The smallest absolute Gasteiger partial charge is 0.240 e. The third-order valence-corrected chi connectivity index (χ3v) is 4.44. The molecule has 2 fully saturated rings. The van der Waals surface area contributed by atoms with E-state index in [1.54, 1.807) is 18.2 Å². The van der Waals surface area contributed by atoms with Crippen molar-refractivity contribution >= 4 is 5.91 Å². The zero-order chi connectivity index (χ0) is 16.1. The molecule has 6 heteroatoms. The maximum atomic E-state index is 13.5. The summed E-state index contributed by atoms with van der Waals surface area (Å²) in [6, 6.07) is 6.32. The fourth-order valence-electron chi connectivity index (χ4n) is 3.20. The van der Waals surface area contributed by atoms with Gasteiger partial charge in [-0.1, -0.05) is 12.1 Å². The van der Waals surface area contributed by atoms with E-state index in [1.165, 1.54) is 6.07 Å². The number of amides is 1. The minimum atomic E-state index is -0.352. The highest BCUT2D eigenvalue weighted by molar-refractivity contribution is 5.82. The van der Waals surface area contributed by atoms with Crippen molar-refractivity contribution in [1.82, 2.24) is 9.80 Å². The topological polar surface area (TPSA) is 42.0 Å². The van der Waals surface area contributed by atoms with Crippen molar-refractivity contribution in [2.75, 3.05) is 46.0 Å². The van der Waals surface area contributed by atoms with Crippen molar-refractivity contribution in [2.24, 2.45) is 0 Å². The first-order chi connectivity index (χ1) is 11.3. The molecule has 0 saturated carbocycles. The van der Waals surface area contributed by atoms with Gasteiger partial charge in [-0.05, 0) is 31.5 Å². The number of ether oxygens (including phenoxy) is 2. The van der Waals surface area contributed by atoms with Crippen LogP contribution < -0.4 is 4.74 Å². The van der Waals surface area contributed by atoms with Gasteiger partial charge in [0.15, 0.2) is 11.6 Å². The van der Waals surface area contributed by atoms with Gasteiger partial charge in [0.25, 0.3) is 0 Å². The predicted molar refractivity (Wildman–Crippen MR) is 83.9 cm³/mol. The fourth-order valence-corrected chi connectivity index (χ4v) is 3.20. The number of morpholine rings is 1. The van der Waals surface area contributed by atoms with E-state index in [-0.39, 0.29) is 23.5 Å². The average Bonchev–Trinajstić information content (AvgIpc) is 3.05. The van der Waals surface area contributed by atoms with E-state index >= 15 is 0 Å². The van der Waals surface area contributed by atoms with Crippen molar-refractivity contribution in [2.45, 2.75) is 18.9 Å². The Kier molecular flexibility index (Phi) is 5.46. The molecule has 1 amide bonds. The molecule has 2 saturated heterocycles. The van der Waals surface area contributed by atoms with Gasteiger partial charge in [0, 0.05) is 19.6 Å². The Bertz CT molecular complexity index is 534. The second-order valence-electron chi connectivity index (χ2n) is 5.91. The Morgan fingerprint density at radius 2 is 2.04 bits per heavy atom. The zero-order valence-corrected chi connectivity index (χ0v) is 13.2. The molecule has 5 nitrogen and oxygen atoms in total. The molecule has 2 aliphatic heterocycles. The number of para-hydroxylation sites is 1. The predicted octanol–water partition coefficient (Wildman–Crippen LogP) is 1.53.